The average Bonchev–Trinajstić information content (AvgIpc) is 3.01. The summed E-state index contributed by atoms with van der Waals surface area (Å²) in [7, 11) is 0. The molecule has 1 amide bonds. The maximum atomic E-state index is 12.3. The molecule has 0 aliphatic carbocycles. The van der Waals surface area contributed by atoms with E-state index < -0.39 is 0 Å². The van der Waals surface area contributed by atoms with Crippen LogP contribution >= 0.6 is 34.7 Å². The summed E-state index contributed by atoms with van der Waals surface area (Å²) in [6.45, 7) is 4.05. The van der Waals surface area contributed by atoms with Crippen LogP contribution in [0.15, 0.2) is 41.7 Å². The second-order valence-electron chi connectivity index (χ2n) is 6.06. The van der Waals surface area contributed by atoms with Gasteiger partial charge in [0, 0.05) is 21.8 Å². The minimum atomic E-state index is -0.0969. The second kappa shape index (κ2) is 7.42. The number of halogens is 1. The van der Waals surface area contributed by atoms with Gasteiger partial charge in [-0.1, -0.05) is 23.4 Å². The topological polar surface area (TPSA) is 67.8 Å². The van der Waals surface area contributed by atoms with Gasteiger partial charge in [-0.25, -0.2) is 15.0 Å². The molecule has 0 unspecified atom stereocenters. The number of hydrogen-bond acceptors (Lipinski definition) is 6. The standard InChI is InChI=1S/C19H15ClN4OS2/c1-10-7-11(2)23-18-15(10)16-17(27-18)19(22-9-21-16)26-8-14(25)24-13-5-3-12(20)4-6-13/h3-7,9H,8H2,1-2H3,(H,24,25). The van der Waals surface area contributed by atoms with Gasteiger partial charge in [-0.2, -0.15) is 0 Å². The number of nitrogens with zero attached hydrogens (tertiary/aromatic N) is 3. The number of carbonyl (C=O) groups excluding carboxylic acids is 1. The van der Waals surface area contributed by atoms with E-state index in [9.17, 15) is 4.79 Å². The van der Waals surface area contributed by atoms with Crippen molar-refractivity contribution >= 4 is 66.7 Å². The number of thiophene rings is 1. The number of amides is 1. The highest BCUT2D eigenvalue weighted by molar-refractivity contribution is 8.00. The highest BCUT2D eigenvalue weighted by Crippen LogP contribution is 2.37. The number of nitrogens with one attached hydrogen (secondary N) is 1. The molecule has 0 aliphatic heterocycles. The van der Waals surface area contributed by atoms with Crippen molar-refractivity contribution in [2.24, 2.45) is 0 Å². The lowest BCUT2D eigenvalue weighted by molar-refractivity contribution is -0.113. The first-order chi connectivity index (χ1) is 13.0. The van der Waals surface area contributed by atoms with E-state index in [1.54, 1.807) is 41.9 Å². The molecule has 0 spiro atoms. The lowest BCUT2D eigenvalue weighted by Gasteiger charge is -2.05. The summed E-state index contributed by atoms with van der Waals surface area (Å²) in [4.78, 5) is 26.7. The molecule has 0 atom stereocenters. The molecule has 3 heterocycles. The number of benzene rings is 1. The van der Waals surface area contributed by atoms with Gasteiger partial charge >= 0.3 is 0 Å². The van der Waals surface area contributed by atoms with E-state index in [4.69, 9.17) is 11.6 Å². The SMILES string of the molecule is Cc1cc(C)c2c(n1)sc1c(SCC(=O)Nc3ccc(Cl)cc3)ncnc12. The lowest BCUT2D eigenvalue weighted by Crippen LogP contribution is -2.13. The Bertz CT molecular complexity index is 1160. The number of carbonyl (C=O) groups is 1. The zero-order chi connectivity index (χ0) is 19.0. The molecule has 136 valence electrons. The number of aryl methyl sites for hydroxylation is 2. The molecule has 3 aromatic heterocycles. The maximum Gasteiger partial charge on any atom is 0.234 e. The van der Waals surface area contributed by atoms with Gasteiger partial charge in [0.2, 0.25) is 5.91 Å². The molecular weight excluding hydrogens is 400 g/mol. The van der Waals surface area contributed by atoms with E-state index in [1.807, 2.05) is 6.92 Å². The third kappa shape index (κ3) is 3.76. The predicted octanol–water partition coefficient (Wildman–Crippen LogP) is 5.24. The fourth-order valence-corrected chi connectivity index (χ4v) is 5.11. The van der Waals surface area contributed by atoms with Gasteiger partial charge in [-0.3, -0.25) is 4.79 Å². The Labute approximate surface area is 169 Å². The Kier molecular flexibility index (Phi) is 4.99. The second-order valence-corrected chi connectivity index (χ2v) is 8.46. The fourth-order valence-electron chi connectivity index (χ4n) is 2.86. The molecule has 0 aliphatic rings. The van der Waals surface area contributed by atoms with Gasteiger partial charge < -0.3 is 5.32 Å². The molecule has 27 heavy (non-hydrogen) atoms. The summed E-state index contributed by atoms with van der Waals surface area (Å²) in [5, 5.41) is 5.36. The third-order valence-electron chi connectivity index (χ3n) is 3.99. The van der Waals surface area contributed by atoms with Crippen LogP contribution in [0, 0.1) is 13.8 Å². The number of aromatic nitrogens is 3. The normalized spacial score (nSPS) is 11.2. The monoisotopic (exact) mass is 414 g/mol. The van der Waals surface area contributed by atoms with E-state index in [2.05, 4.69) is 33.3 Å². The summed E-state index contributed by atoms with van der Waals surface area (Å²) >= 11 is 8.83. The van der Waals surface area contributed by atoms with E-state index in [0.29, 0.717) is 5.02 Å². The Balaban J connectivity index is 1.58. The number of anilines is 1. The molecule has 4 aromatic rings. The molecule has 0 saturated heterocycles. The van der Waals surface area contributed by atoms with Crippen molar-refractivity contribution in [2.75, 3.05) is 11.1 Å². The van der Waals surface area contributed by atoms with Crippen LogP contribution < -0.4 is 5.32 Å². The van der Waals surface area contributed by atoms with Crippen molar-refractivity contribution in [3.8, 4) is 0 Å². The minimum Gasteiger partial charge on any atom is -0.325 e. The smallest absolute Gasteiger partial charge is 0.234 e. The highest BCUT2D eigenvalue weighted by Gasteiger charge is 2.15. The van der Waals surface area contributed by atoms with Crippen molar-refractivity contribution in [3.05, 3.63) is 52.9 Å². The maximum absolute atomic E-state index is 12.3. The van der Waals surface area contributed by atoms with Gasteiger partial charge in [0.25, 0.3) is 0 Å². The number of fused-ring (bicyclic) bond motifs is 3. The van der Waals surface area contributed by atoms with Crippen molar-refractivity contribution in [3.63, 3.8) is 0 Å². The van der Waals surface area contributed by atoms with Crippen LogP contribution in [0.4, 0.5) is 5.69 Å². The van der Waals surface area contributed by atoms with Crippen molar-refractivity contribution in [1.82, 2.24) is 15.0 Å². The van der Waals surface area contributed by atoms with Crippen molar-refractivity contribution in [2.45, 2.75) is 18.9 Å². The largest absolute Gasteiger partial charge is 0.325 e. The number of hydrogen-bond donors (Lipinski definition) is 1. The first-order valence-electron chi connectivity index (χ1n) is 8.21. The Morgan fingerprint density at radius 1 is 1.22 bits per heavy atom. The fraction of sp³-hybridized carbons (Fsp3) is 0.158. The predicted molar refractivity (Wildman–Crippen MR) is 113 cm³/mol. The molecule has 0 fully saturated rings. The molecule has 8 heteroatoms. The average molecular weight is 415 g/mol. The van der Waals surface area contributed by atoms with E-state index in [1.165, 1.54) is 11.8 Å². The minimum absolute atomic E-state index is 0.0969. The van der Waals surface area contributed by atoms with E-state index in [-0.39, 0.29) is 11.7 Å². The Hall–Kier alpha value is -2.22. The number of rotatable bonds is 4. The zero-order valence-electron chi connectivity index (χ0n) is 14.6. The van der Waals surface area contributed by atoms with E-state index in [0.717, 1.165) is 42.4 Å². The van der Waals surface area contributed by atoms with Gasteiger partial charge in [0.05, 0.1) is 16.0 Å². The van der Waals surface area contributed by atoms with Crippen LogP contribution in [-0.2, 0) is 4.79 Å². The van der Waals surface area contributed by atoms with Crippen molar-refractivity contribution in [1.29, 1.82) is 0 Å². The molecule has 1 aromatic carbocycles. The first-order valence-corrected chi connectivity index (χ1v) is 10.4. The quantitative estimate of drug-likeness (QED) is 0.365. The van der Waals surface area contributed by atoms with Gasteiger partial charge in [-0.15, -0.1) is 11.3 Å². The van der Waals surface area contributed by atoms with Crippen LogP contribution in [0.3, 0.4) is 0 Å². The van der Waals surface area contributed by atoms with E-state index >= 15 is 0 Å². The molecule has 0 saturated carbocycles. The summed E-state index contributed by atoms with van der Waals surface area (Å²) < 4.78 is 0.970. The molecule has 4 rings (SSSR count). The summed E-state index contributed by atoms with van der Waals surface area (Å²) in [5.41, 5.74) is 3.75. The summed E-state index contributed by atoms with van der Waals surface area (Å²) in [6, 6.07) is 9.09. The molecule has 0 bridgehead atoms. The summed E-state index contributed by atoms with van der Waals surface area (Å²) in [5.74, 6) is 0.161. The zero-order valence-corrected chi connectivity index (χ0v) is 17.0. The first kappa shape index (κ1) is 18.2. The number of pyridine rings is 1. The highest BCUT2D eigenvalue weighted by atomic mass is 35.5. The van der Waals surface area contributed by atoms with Gasteiger partial charge in [0.15, 0.2) is 0 Å². The van der Waals surface area contributed by atoms with Crippen LogP contribution in [0.25, 0.3) is 20.4 Å². The lowest BCUT2D eigenvalue weighted by atomic mass is 10.1. The molecule has 5 nitrogen and oxygen atoms in total. The molecular formula is C19H15ClN4OS2. The van der Waals surface area contributed by atoms with Crippen LogP contribution in [0.2, 0.25) is 5.02 Å². The third-order valence-corrected chi connectivity index (χ3v) is 6.44. The summed E-state index contributed by atoms with van der Waals surface area (Å²) in [6.07, 6.45) is 1.55. The van der Waals surface area contributed by atoms with Gasteiger partial charge in [-0.05, 0) is 49.7 Å². The molecule has 1 N–H and O–H groups in total. The Morgan fingerprint density at radius 2 is 2.00 bits per heavy atom. The van der Waals surface area contributed by atoms with Gasteiger partial charge in [0.1, 0.15) is 16.2 Å². The van der Waals surface area contributed by atoms with Crippen molar-refractivity contribution < 1.29 is 4.79 Å². The number of thioether (sulfide) groups is 1. The van der Waals surface area contributed by atoms with Crippen LogP contribution in [0.1, 0.15) is 11.3 Å². The molecule has 0 radical (unpaired) electrons. The van der Waals surface area contributed by atoms with Crippen LogP contribution in [0.5, 0.6) is 0 Å². The Morgan fingerprint density at radius 3 is 2.78 bits per heavy atom. The van der Waals surface area contributed by atoms with Crippen LogP contribution in [-0.4, -0.2) is 26.6 Å².